The summed E-state index contributed by atoms with van der Waals surface area (Å²) in [4.78, 5) is 37.4. The number of rotatable bonds is 7. The summed E-state index contributed by atoms with van der Waals surface area (Å²) in [5.74, 6) is -3.33. The average Bonchev–Trinajstić information content (AvgIpc) is 2.91. The Kier molecular flexibility index (Phi) is 6.76. The number of amides is 1. The fourth-order valence-electron chi connectivity index (χ4n) is 3.87. The zero-order valence-corrected chi connectivity index (χ0v) is 16.4. The number of aliphatic carboxylic acids is 2. The second kappa shape index (κ2) is 9.10. The first kappa shape index (κ1) is 21.5. The topological polar surface area (TPSA) is 130 Å². The van der Waals surface area contributed by atoms with Crippen molar-refractivity contribution < 1.29 is 33.5 Å². The van der Waals surface area contributed by atoms with Crippen LogP contribution in [0.15, 0.2) is 24.3 Å². The van der Waals surface area contributed by atoms with Crippen LogP contribution >= 0.6 is 0 Å². The first-order valence-electron chi connectivity index (χ1n) is 9.43. The van der Waals surface area contributed by atoms with E-state index in [1.54, 1.807) is 12.1 Å². The highest BCUT2D eigenvalue weighted by atomic mass is 32.2. The lowest BCUT2D eigenvalue weighted by Gasteiger charge is -2.27. The molecule has 1 aromatic rings. The van der Waals surface area contributed by atoms with Crippen LogP contribution in [-0.4, -0.2) is 66.8 Å². The number of benzene rings is 1. The van der Waals surface area contributed by atoms with E-state index in [0.717, 1.165) is 5.56 Å². The van der Waals surface area contributed by atoms with E-state index < -0.39 is 52.5 Å². The molecule has 158 valence electrons. The monoisotopic (exact) mass is 426 g/mol. The third-order valence-electron chi connectivity index (χ3n) is 5.39. The molecule has 0 aromatic heterocycles. The second-order valence-electron chi connectivity index (χ2n) is 7.31. The van der Waals surface area contributed by atoms with Crippen LogP contribution in [0.25, 0.3) is 0 Å². The van der Waals surface area contributed by atoms with Crippen molar-refractivity contribution in [3.8, 4) is 0 Å². The van der Waals surface area contributed by atoms with Crippen molar-refractivity contribution in [3.05, 3.63) is 35.6 Å². The maximum Gasteiger partial charge on any atom is 0.331 e. The first-order valence-corrected chi connectivity index (χ1v) is 10.8. The molecule has 29 heavy (non-hydrogen) atoms. The van der Waals surface area contributed by atoms with E-state index in [4.69, 9.17) is 0 Å². The normalized spacial score (nSPS) is 27.9. The van der Waals surface area contributed by atoms with E-state index in [0.29, 0.717) is 25.7 Å². The molecule has 10 heteroatoms. The van der Waals surface area contributed by atoms with Gasteiger partial charge in [-0.15, -0.1) is 0 Å². The van der Waals surface area contributed by atoms with Crippen molar-refractivity contribution in [1.29, 1.82) is 0 Å². The molecule has 2 heterocycles. The number of aryl methyl sites for hydroxylation is 1. The molecular formula is C19H23FN2O6S. The summed E-state index contributed by atoms with van der Waals surface area (Å²) in [5.41, 5.74) is 0.771. The summed E-state index contributed by atoms with van der Waals surface area (Å²) < 4.78 is 25.3. The highest BCUT2D eigenvalue weighted by molar-refractivity contribution is 7.92. The van der Waals surface area contributed by atoms with Crippen molar-refractivity contribution in [3.63, 3.8) is 0 Å². The van der Waals surface area contributed by atoms with Gasteiger partial charge < -0.3 is 14.8 Å². The molecule has 0 saturated carbocycles. The minimum Gasteiger partial charge on any atom is -0.615 e. The molecule has 2 saturated heterocycles. The van der Waals surface area contributed by atoms with Crippen molar-refractivity contribution >= 4 is 29.0 Å². The van der Waals surface area contributed by atoms with Gasteiger partial charge in [0.2, 0.25) is 5.91 Å². The van der Waals surface area contributed by atoms with Crippen LogP contribution in [0.1, 0.15) is 31.2 Å². The van der Waals surface area contributed by atoms with E-state index in [-0.39, 0.29) is 18.0 Å². The summed E-state index contributed by atoms with van der Waals surface area (Å²) in [6.45, 7) is 0. The molecule has 1 amide bonds. The fourth-order valence-corrected chi connectivity index (χ4v) is 5.64. The van der Waals surface area contributed by atoms with E-state index in [2.05, 4.69) is 5.32 Å². The lowest BCUT2D eigenvalue weighted by molar-refractivity contribution is -0.150. The largest absolute Gasteiger partial charge is 0.615 e. The van der Waals surface area contributed by atoms with Crippen LogP contribution in [0.4, 0.5) is 4.39 Å². The fraction of sp³-hybridized carbons (Fsp3) is 0.526. The lowest BCUT2D eigenvalue weighted by Crippen LogP contribution is -2.55. The van der Waals surface area contributed by atoms with Crippen molar-refractivity contribution in [2.24, 2.45) is 0 Å². The molecule has 0 bridgehead atoms. The number of carbonyl (C=O) groups excluding carboxylic acids is 1. The van der Waals surface area contributed by atoms with Crippen LogP contribution in [0.5, 0.6) is 0 Å². The number of halogens is 1. The SMILES string of the molecule is O=C(O)C(CCc1ccc(F)cc1)N[C@H]1CCC[C@@H]2N(C1=O)[C@H](C(=O)O)C[S+]2[O-]. The zero-order chi connectivity index (χ0) is 21.1. The summed E-state index contributed by atoms with van der Waals surface area (Å²) in [5, 5.41) is 21.2. The van der Waals surface area contributed by atoms with Gasteiger partial charge in [-0.3, -0.25) is 19.8 Å². The minimum atomic E-state index is -1.44. The molecule has 1 aromatic carbocycles. The number of carbonyl (C=O) groups is 3. The van der Waals surface area contributed by atoms with Gasteiger partial charge in [0.25, 0.3) is 0 Å². The molecule has 2 aliphatic heterocycles. The number of hydrogen-bond donors (Lipinski definition) is 3. The van der Waals surface area contributed by atoms with Crippen molar-refractivity contribution in [2.45, 2.75) is 55.6 Å². The van der Waals surface area contributed by atoms with Gasteiger partial charge in [-0.1, -0.05) is 12.1 Å². The molecule has 2 aliphatic rings. The van der Waals surface area contributed by atoms with Gasteiger partial charge in [0, 0.05) is 6.42 Å². The van der Waals surface area contributed by atoms with Gasteiger partial charge in [-0.05, 0) is 54.6 Å². The lowest BCUT2D eigenvalue weighted by atomic mass is 10.0. The van der Waals surface area contributed by atoms with Crippen LogP contribution < -0.4 is 5.32 Å². The van der Waals surface area contributed by atoms with E-state index in [1.807, 2.05) is 0 Å². The Hall–Kier alpha value is -2.17. The summed E-state index contributed by atoms with van der Waals surface area (Å²) in [7, 11) is 0. The average molecular weight is 426 g/mol. The van der Waals surface area contributed by atoms with Crippen molar-refractivity contribution in [2.75, 3.05) is 5.75 Å². The van der Waals surface area contributed by atoms with E-state index >= 15 is 0 Å². The van der Waals surface area contributed by atoms with Crippen molar-refractivity contribution in [1.82, 2.24) is 10.2 Å². The predicted molar refractivity (Wildman–Crippen MR) is 102 cm³/mol. The Morgan fingerprint density at radius 3 is 2.59 bits per heavy atom. The smallest absolute Gasteiger partial charge is 0.331 e. The molecule has 2 unspecified atom stereocenters. The predicted octanol–water partition coefficient (Wildman–Crippen LogP) is 0.724. The van der Waals surface area contributed by atoms with Gasteiger partial charge in [-0.25, -0.2) is 9.18 Å². The molecule has 0 aliphatic carbocycles. The third-order valence-corrected chi connectivity index (χ3v) is 7.10. The molecule has 0 spiro atoms. The third kappa shape index (κ3) is 4.88. The number of carboxylic acid groups (broad SMARTS) is 2. The highest BCUT2D eigenvalue weighted by Crippen LogP contribution is 2.31. The quantitative estimate of drug-likeness (QED) is 0.548. The standard InChI is InChI=1S/C19H23FN2O6S/c20-12-7-4-11(5-8-12)6-9-14(18(24)25)21-13-2-1-3-16-22(17(13)23)15(19(26)27)10-29(16)28/h4-5,7-8,13-16,21H,1-3,6,9-10H2,(H,24,25)(H,26,27)/t13-,14?,15-,16+,29?/m0/s1. The Bertz CT molecular complexity index is 776. The minimum absolute atomic E-state index is 0.106. The van der Waals surface area contributed by atoms with Gasteiger partial charge in [0.1, 0.15) is 17.6 Å². The maximum absolute atomic E-state index is 13.0. The number of hydrogen-bond acceptors (Lipinski definition) is 5. The Morgan fingerprint density at radius 1 is 1.28 bits per heavy atom. The Morgan fingerprint density at radius 2 is 1.97 bits per heavy atom. The Balaban J connectivity index is 1.70. The molecular weight excluding hydrogens is 403 g/mol. The molecule has 2 fully saturated rings. The number of nitrogens with one attached hydrogen (secondary N) is 1. The van der Waals surface area contributed by atoms with Crippen LogP contribution in [-0.2, 0) is 32.0 Å². The molecule has 0 radical (unpaired) electrons. The van der Waals surface area contributed by atoms with Gasteiger partial charge >= 0.3 is 11.9 Å². The first-order chi connectivity index (χ1) is 13.8. The molecule has 3 N–H and O–H groups in total. The highest BCUT2D eigenvalue weighted by Gasteiger charge is 2.52. The molecule has 5 atom stereocenters. The van der Waals surface area contributed by atoms with Gasteiger partial charge in [0.05, 0.1) is 6.04 Å². The summed E-state index contributed by atoms with van der Waals surface area (Å²) in [6.07, 6.45) is 1.86. The summed E-state index contributed by atoms with van der Waals surface area (Å²) >= 11 is -1.44. The molecule has 8 nitrogen and oxygen atoms in total. The van der Waals surface area contributed by atoms with Crippen LogP contribution in [0.3, 0.4) is 0 Å². The summed E-state index contributed by atoms with van der Waals surface area (Å²) in [6, 6.07) is 2.71. The van der Waals surface area contributed by atoms with E-state index in [9.17, 15) is 33.5 Å². The van der Waals surface area contributed by atoms with Crippen LogP contribution in [0.2, 0.25) is 0 Å². The van der Waals surface area contributed by atoms with E-state index in [1.165, 1.54) is 17.0 Å². The zero-order valence-electron chi connectivity index (χ0n) is 15.6. The van der Waals surface area contributed by atoms with Crippen LogP contribution in [0, 0.1) is 5.82 Å². The Labute approximate surface area is 170 Å². The number of carboxylic acids is 2. The van der Waals surface area contributed by atoms with Gasteiger partial charge in [-0.2, -0.15) is 0 Å². The van der Waals surface area contributed by atoms with Gasteiger partial charge in [0.15, 0.2) is 11.4 Å². The number of nitrogens with zero attached hydrogens (tertiary/aromatic N) is 1. The maximum atomic E-state index is 13.0. The second-order valence-corrected chi connectivity index (χ2v) is 8.95. The number of fused-ring (bicyclic) bond motifs is 1. The molecule has 3 rings (SSSR count).